The fourth-order valence-corrected chi connectivity index (χ4v) is 2.25. The van der Waals surface area contributed by atoms with Gasteiger partial charge < -0.3 is 5.32 Å². The molecule has 20 heavy (non-hydrogen) atoms. The summed E-state index contributed by atoms with van der Waals surface area (Å²) in [5.74, 6) is -0.173. The third kappa shape index (κ3) is 3.25. The van der Waals surface area contributed by atoms with Crippen LogP contribution in [0.3, 0.4) is 0 Å². The Morgan fingerprint density at radius 3 is 2.70 bits per heavy atom. The van der Waals surface area contributed by atoms with Gasteiger partial charge in [-0.15, -0.1) is 0 Å². The summed E-state index contributed by atoms with van der Waals surface area (Å²) in [5.41, 5.74) is 1.67. The molecule has 1 N–H and O–H groups in total. The van der Waals surface area contributed by atoms with Gasteiger partial charge in [-0.3, -0.25) is 4.68 Å². The summed E-state index contributed by atoms with van der Waals surface area (Å²) in [5, 5.41) is 7.75. The van der Waals surface area contributed by atoms with E-state index in [1.165, 1.54) is 6.07 Å². The van der Waals surface area contributed by atoms with Gasteiger partial charge in [-0.05, 0) is 32.5 Å². The van der Waals surface area contributed by atoms with Gasteiger partial charge >= 0.3 is 0 Å². The highest BCUT2D eigenvalue weighted by atomic mass is 19.1. The molecule has 3 nitrogen and oxygen atoms in total. The van der Waals surface area contributed by atoms with Crippen LogP contribution in [0.5, 0.6) is 0 Å². The first-order valence-electron chi connectivity index (χ1n) is 7.11. The maximum Gasteiger partial charge on any atom is 0.127 e. The molecule has 2 unspecified atom stereocenters. The summed E-state index contributed by atoms with van der Waals surface area (Å²) in [6.07, 6.45) is 3.72. The zero-order valence-corrected chi connectivity index (χ0v) is 12.3. The molecule has 0 fully saturated rings. The second-order valence-electron chi connectivity index (χ2n) is 5.11. The summed E-state index contributed by atoms with van der Waals surface area (Å²) >= 11 is 0. The number of nitrogens with one attached hydrogen (secondary N) is 1. The minimum atomic E-state index is -0.173. The fourth-order valence-electron chi connectivity index (χ4n) is 2.25. The van der Waals surface area contributed by atoms with E-state index in [9.17, 15) is 4.39 Å². The Kier molecular flexibility index (Phi) is 4.90. The molecule has 0 aliphatic carbocycles. The quantitative estimate of drug-likeness (QED) is 0.874. The highest BCUT2D eigenvalue weighted by Crippen LogP contribution is 2.20. The van der Waals surface area contributed by atoms with E-state index in [2.05, 4.69) is 24.3 Å². The smallest absolute Gasteiger partial charge is 0.127 e. The van der Waals surface area contributed by atoms with Crippen molar-refractivity contribution >= 4 is 0 Å². The summed E-state index contributed by atoms with van der Waals surface area (Å²) in [6.45, 7) is 4.28. The maximum absolute atomic E-state index is 13.9. The van der Waals surface area contributed by atoms with Crippen molar-refractivity contribution in [2.45, 2.75) is 38.8 Å². The largest absolute Gasteiger partial charge is 0.313 e. The third-order valence-corrected chi connectivity index (χ3v) is 3.75. The molecular formula is C16H22FN3. The van der Waals surface area contributed by atoms with Crippen LogP contribution in [-0.2, 0) is 6.42 Å². The van der Waals surface area contributed by atoms with Crippen molar-refractivity contribution in [3.8, 4) is 0 Å². The first-order chi connectivity index (χ1) is 9.65. The molecule has 2 rings (SSSR count). The van der Waals surface area contributed by atoms with Gasteiger partial charge in [0.25, 0.3) is 0 Å². The number of hydrogen-bond donors (Lipinski definition) is 1. The minimum Gasteiger partial charge on any atom is -0.313 e. The van der Waals surface area contributed by atoms with Crippen LogP contribution in [0.15, 0.2) is 36.5 Å². The number of nitrogens with zero attached hydrogens (tertiary/aromatic N) is 2. The number of benzene rings is 1. The highest BCUT2D eigenvalue weighted by molar-refractivity contribution is 5.22. The fraction of sp³-hybridized carbons (Fsp3) is 0.438. The summed E-state index contributed by atoms with van der Waals surface area (Å²) in [4.78, 5) is 0. The molecule has 0 aliphatic heterocycles. The molecule has 2 atom stereocenters. The number of likely N-dealkylation sites (N-methyl/N-ethyl adjacent to an activating group) is 1. The lowest BCUT2D eigenvalue weighted by Gasteiger charge is -2.16. The lowest BCUT2D eigenvalue weighted by molar-refractivity contribution is 0.467. The van der Waals surface area contributed by atoms with Crippen molar-refractivity contribution in [3.63, 3.8) is 0 Å². The number of hydrogen-bond acceptors (Lipinski definition) is 2. The van der Waals surface area contributed by atoms with Crippen molar-refractivity contribution in [2.75, 3.05) is 7.05 Å². The molecule has 4 heteroatoms. The number of rotatable bonds is 6. The van der Waals surface area contributed by atoms with E-state index >= 15 is 0 Å². The molecule has 0 aliphatic rings. The Hall–Kier alpha value is -1.68. The SMILES string of the molecule is CCC(C)n1ccc(CC(NC)c2ccccc2F)n1. The highest BCUT2D eigenvalue weighted by Gasteiger charge is 2.16. The van der Waals surface area contributed by atoms with Crippen molar-refractivity contribution in [2.24, 2.45) is 0 Å². The van der Waals surface area contributed by atoms with Crippen LogP contribution in [0.1, 0.15) is 43.6 Å². The Morgan fingerprint density at radius 2 is 2.05 bits per heavy atom. The average molecular weight is 275 g/mol. The van der Waals surface area contributed by atoms with Crippen LogP contribution in [-0.4, -0.2) is 16.8 Å². The van der Waals surface area contributed by atoms with E-state index in [0.717, 1.165) is 12.1 Å². The Balaban J connectivity index is 2.15. The first-order valence-corrected chi connectivity index (χ1v) is 7.11. The van der Waals surface area contributed by atoms with Gasteiger partial charge in [-0.2, -0.15) is 5.10 Å². The molecule has 108 valence electrons. The Bertz CT molecular complexity index is 550. The van der Waals surface area contributed by atoms with E-state index in [4.69, 9.17) is 0 Å². The topological polar surface area (TPSA) is 29.9 Å². The predicted octanol–water partition coefficient (Wildman–Crippen LogP) is 3.50. The van der Waals surface area contributed by atoms with Crippen molar-refractivity contribution < 1.29 is 4.39 Å². The normalized spacial score (nSPS) is 14.2. The molecular weight excluding hydrogens is 253 g/mol. The summed E-state index contributed by atoms with van der Waals surface area (Å²) in [7, 11) is 1.85. The zero-order chi connectivity index (χ0) is 14.5. The zero-order valence-electron chi connectivity index (χ0n) is 12.3. The molecule has 1 aromatic carbocycles. The van der Waals surface area contributed by atoms with Crippen LogP contribution < -0.4 is 5.32 Å². The second kappa shape index (κ2) is 6.66. The molecule has 0 spiro atoms. The molecule has 2 aromatic rings. The van der Waals surface area contributed by atoms with Crippen LogP contribution >= 0.6 is 0 Å². The standard InChI is InChI=1S/C16H22FN3/c1-4-12(2)20-10-9-13(19-20)11-16(18-3)14-7-5-6-8-15(14)17/h5-10,12,16,18H,4,11H2,1-3H3. The Labute approximate surface area is 119 Å². The first kappa shape index (κ1) is 14.7. The van der Waals surface area contributed by atoms with E-state index in [1.54, 1.807) is 6.07 Å². The minimum absolute atomic E-state index is 0.0588. The van der Waals surface area contributed by atoms with Gasteiger partial charge in [0.1, 0.15) is 5.82 Å². The average Bonchev–Trinajstić information content (AvgIpc) is 2.93. The van der Waals surface area contributed by atoms with Crippen molar-refractivity contribution in [1.29, 1.82) is 0 Å². The lowest BCUT2D eigenvalue weighted by Crippen LogP contribution is -2.20. The number of halogens is 1. The van der Waals surface area contributed by atoms with Gasteiger partial charge in [0.05, 0.1) is 5.69 Å². The summed E-state index contributed by atoms with van der Waals surface area (Å²) in [6, 6.07) is 9.24. The summed E-state index contributed by atoms with van der Waals surface area (Å²) < 4.78 is 15.8. The van der Waals surface area contributed by atoms with Crippen molar-refractivity contribution in [1.82, 2.24) is 15.1 Å². The van der Waals surface area contributed by atoms with Gasteiger partial charge in [0.2, 0.25) is 0 Å². The van der Waals surface area contributed by atoms with Gasteiger partial charge in [-0.1, -0.05) is 25.1 Å². The van der Waals surface area contributed by atoms with Crippen LogP contribution in [0.2, 0.25) is 0 Å². The number of aromatic nitrogens is 2. The van der Waals surface area contributed by atoms with Crippen LogP contribution in [0.25, 0.3) is 0 Å². The lowest BCUT2D eigenvalue weighted by atomic mass is 10.0. The van der Waals surface area contributed by atoms with E-state index in [-0.39, 0.29) is 11.9 Å². The van der Waals surface area contributed by atoms with Gasteiger partial charge in [0.15, 0.2) is 0 Å². The monoisotopic (exact) mass is 275 g/mol. The van der Waals surface area contributed by atoms with Gasteiger partial charge in [0, 0.05) is 30.3 Å². The Morgan fingerprint density at radius 1 is 1.30 bits per heavy atom. The molecule has 0 radical (unpaired) electrons. The molecule has 0 saturated heterocycles. The second-order valence-corrected chi connectivity index (χ2v) is 5.11. The molecule has 0 bridgehead atoms. The molecule has 0 amide bonds. The maximum atomic E-state index is 13.9. The molecule has 1 aromatic heterocycles. The van der Waals surface area contributed by atoms with E-state index in [1.807, 2.05) is 36.1 Å². The van der Waals surface area contributed by atoms with Gasteiger partial charge in [-0.25, -0.2) is 4.39 Å². The third-order valence-electron chi connectivity index (χ3n) is 3.75. The van der Waals surface area contributed by atoms with Crippen molar-refractivity contribution in [3.05, 3.63) is 53.6 Å². The van der Waals surface area contributed by atoms with Crippen LogP contribution in [0, 0.1) is 5.82 Å². The molecule has 1 heterocycles. The molecule has 0 saturated carbocycles. The van der Waals surface area contributed by atoms with Crippen LogP contribution in [0.4, 0.5) is 4.39 Å². The predicted molar refractivity (Wildman–Crippen MR) is 79.1 cm³/mol. The van der Waals surface area contributed by atoms with E-state index in [0.29, 0.717) is 18.0 Å². The van der Waals surface area contributed by atoms with E-state index < -0.39 is 0 Å².